The molecule has 0 aliphatic heterocycles. The molecule has 2 aromatic heterocycles. The van der Waals surface area contributed by atoms with Gasteiger partial charge in [-0.3, -0.25) is 14.8 Å². The van der Waals surface area contributed by atoms with E-state index in [0.29, 0.717) is 6.54 Å². The average Bonchev–Trinajstić information content (AvgIpc) is 3.08. The van der Waals surface area contributed by atoms with Gasteiger partial charge in [0, 0.05) is 18.3 Å². The Morgan fingerprint density at radius 2 is 2.24 bits per heavy atom. The summed E-state index contributed by atoms with van der Waals surface area (Å²) in [5, 5.41) is 5.01. The Morgan fingerprint density at radius 3 is 3.00 bits per heavy atom. The Morgan fingerprint density at radius 1 is 1.33 bits per heavy atom. The molecule has 1 amide bonds. The molecule has 1 N–H and O–H groups in total. The highest BCUT2D eigenvalue weighted by atomic mass is 32.1. The lowest BCUT2D eigenvalue weighted by Gasteiger charge is -2.17. The molecule has 0 radical (unpaired) electrons. The lowest BCUT2D eigenvalue weighted by Crippen LogP contribution is -2.31. The minimum absolute atomic E-state index is 0.0943. The van der Waals surface area contributed by atoms with Crippen LogP contribution < -0.4 is 5.32 Å². The topological polar surface area (TPSA) is 54.9 Å². The lowest BCUT2D eigenvalue weighted by molar-refractivity contribution is -0.125. The number of allylic oxidation sites excluding steroid dienone is 2. The molecule has 1 aliphatic rings. The van der Waals surface area contributed by atoms with E-state index in [1.807, 2.05) is 17.5 Å². The maximum Gasteiger partial charge on any atom is 0.223 e. The fourth-order valence-corrected chi connectivity index (χ4v) is 3.21. The number of carbonyl (C=O) groups excluding carboxylic acids is 1. The van der Waals surface area contributed by atoms with Crippen molar-refractivity contribution in [3.05, 3.63) is 47.8 Å². The van der Waals surface area contributed by atoms with E-state index in [-0.39, 0.29) is 11.8 Å². The summed E-state index contributed by atoms with van der Waals surface area (Å²) in [7, 11) is 0. The highest BCUT2D eigenvalue weighted by molar-refractivity contribution is 7.13. The SMILES string of the molecule is O=C(NCc1nccnc1-c1cccs1)C1CC=CCC1. The zero-order valence-electron chi connectivity index (χ0n) is 11.7. The molecule has 0 saturated carbocycles. The molecule has 1 aliphatic carbocycles. The van der Waals surface area contributed by atoms with Crippen LogP contribution in [0.5, 0.6) is 0 Å². The van der Waals surface area contributed by atoms with Crippen molar-refractivity contribution in [2.75, 3.05) is 0 Å². The quantitative estimate of drug-likeness (QED) is 0.882. The third-order valence-corrected chi connectivity index (χ3v) is 4.48. The molecule has 108 valence electrons. The van der Waals surface area contributed by atoms with E-state index in [2.05, 4.69) is 27.4 Å². The van der Waals surface area contributed by atoms with E-state index in [0.717, 1.165) is 35.5 Å². The molecule has 0 aromatic carbocycles. The smallest absolute Gasteiger partial charge is 0.223 e. The standard InChI is InChI=1S/C16H17N3OS/c20-16(12-5-2-1-3-6-12)19-11-13-15(18-9-8-17-13)14-7-4-10-21-14/h1-2,4,7-10,12H,3,5-6,11H2,(H,19,20). The summed E-state index contributed by atoms with van der Waals surface area (Å²) in [6, 6.07) is 4.01. The molecule has 0 bridgehead atoms. The fraction of sp³-hybridized carbons (Fsp3) is 0.312. The van der Waals surface area contributed by atoms with E-state index >= 15 is 0 Å². The number of nitrogens with one attached hydrogen (secondary N) is 1. The van der Waals surface area contributed by atoms with Gasteiger partial charge in [-0.05, 0) is 30.7 Å². The summed E-state index contributed by atoms with van der Waals surface area (Å²) in [5.74, 6) is 0.207. The van der Waals surface area contributed by atoms with E-state index < -0.39 is 0 Å². The third kappa shape index (κ3) is 3.36. The van der Waals surface area contributed by atoms with Crippen LogP contribution in [0.2, 0.25) is 0 Å². The van der Waals surface area contributed by atoms with Gasteiger partial charge in [0.2, 0.25) is 5.91 Å². The van der Waals surface area contributed by atoms with Crippen molar-refractivity contribution in [2.24, 2.45) is 5.92 Å². The predicted octanol–water partition coefficient (Wildman–Crippen LogP) is 3.18. The predicted molar refractivity (Wildman–Crippen MR) is 83.7 cm³/mol. The van der Waals surface area contributed by atoms with Gasteiger partial charge in [-0.2, -0.15) is 0 Å². The van der Waals surface area contributed by atoms with Crippen molar-refractivity contribution >= 4 is 17.2 Å². The van der Waals surface area contributed by atoms with Crippen LogP contribution in [0.25, 0.3) is 10.6 Å². The maximum atomic E-state index is 12.2. The lowest BCUT2D eigenvalue weighted by atomic mass is 9.94. The molecule has 5 heteroatoms. The molecule has 1 unspecified atom stereocenters. The van der Waals surface area contributed by atoms with Crippen molar-refractivity contribution < 1.29 is 4.79 Å². The highest BCUT2D eigenvalue weighted by Gasteiger charge is 2.19. The van der Waals surface area contributed by atoms with E-state index in [4.69, 9.17) is 0 Å². The molecule has 3 rings (SSSR count). The van der Waals surface area contributed by atoms with Crippen LogP contribution in [0.4, 0.5) is 0 Å². The first-order valence-electron chi connectivity index (χ1n) is 7.11. The summed E-state index contributed by atoms with van der Waals surface area (Å²) in [6.07, 6.45) is 10.3. The first kappa shape index (κ1) is 13.9. The first-order chi connectivity index (χ1) is 10.3. The van der Waals surface area contributed by atoms with Crippen molar-refractivity contribution in [3.8, 4) is 10.6 Å². The van der Waals surface area contributed by atoms with Gasteiger partial charge >= 0.3 is 0 Å². The number of rotatable bonds is 4. The Hall–Kier alpha value is -2.01. The Bertz CT molecular complexity index is 637. The summed E-state index contributed by atoms with van der Waals surface area (Å²) >= 11 is 1.63. The molecule has 4 nitrogen and oxygen atoms in total. The normalized spacial score (nSPS) is 17.6. The number of aromatic nitrogens is 2. The van der Waals surface area contributed by atoms with Crippen molar-refractivity contribution in [1.29, 1.82) is 0 Å². The minimum atomic E-state index is 0.0943. The van der Waals surface area contributed by atoms with Gasteiger partial charge in [0.15, 0.2) is 0 Å². The first-order valence-corrected chi connectivity index (χ1v) is 7.99. The number of hydrogen-bond donors (Lipinski definition) is 1. The minimum Gasteiger partial charge on any atom is -0.350 e. The summed E-state index contributed by atoms with van der Waals surface area (Å²) in [5.41, 5.74) is 1.68. The number of nitrogens with zero attached hydrogens (tertiary/aromatic N) is 2. The molecule has 2 aromatic rings. The van der Waals surface area contributed by atoms with Crippen LogP contribution in [-0.2, 0) is 11.3 Å². The van der Waals surface area contributed by atoms with Crippen molar-refractivity contribution in [1.82, 2.24) is 15.3 Å². The Balaban J connectivity index is 1.68. The van der Waals surface area contributed by atoms with Gasteiger partial charge in [0.25, 0.3) is 0 Å². The van der Waals surface area contributed by atoms with Crippen LogP contribution in [0.15, 0.2) is 42.1 Å². The molecular formula is C16H17N3OS. The van der Waals surface area contributed by atoms with Crippen molar-refractivity contribution in [2.45, 2.75) is 25.8 Å². The second-order valence-corrected chi connectivity index (χ2v) is 5.98. The third-order valence-electron chi connectivity index (χ3n) is 3.60. The number of amides is 1. The van der Waals surface area contributed by atoms with Crippen LogP contribution >= 0.6 is 11.3 Å². The van der Waals surface area contributed by atoms with E-state index in [1.54, 1.807) is 23.7 Å². The summed E-state index contributed by atoms with van der Waals surface area (Å²) in [6.45, 7) is 0.431. The highest BCUT2D eigenvalue weighted by Crippen LogP contribution is 2.25. The van der Waals surface area contributed by atoms with Crippen LogP contribution in [-0.4, -0.2) is 15.9 Å². The molecule has 0 spiro atoms. The van der Waals surface area contributed by atoms with Gasteiger partial charge in [0.1, 0.15) is 5.69 Å². The second-order valence-electron chi connectivity index (χ2n) is 5.03. The number of thiophene rings is 1. The molecule has 2 heterocycles. The van der Waals surface area contributed by atoms with Crippen LogP contribution in [0.1, 0.15) is 25.0 Å². The van der Waals surface area contributed by atoms with E-state index in [1.165, 1.54) is 0 Å². The fourth-order valence-electron chi connectivity index (χ4n) is 2.46. The molecule has 0 saturated heterocycles. The Labute approximate surface area is 128 Å². The zero-order valence-corrected chi connectivity index (χ0v) is 12.5. The number of carbonyl (C=O) groups is 1. The average molecular weight is 299 g/mol. The van der Waals surface area contributed by atoms with Crippen LogP contribution in [0.3, 0.4) is 0 Å². The molecular weight excluding hydrogens is 282 g/mol. The Kier molecular flexibility index (Phi) is 4.40. The maximum absolute atomic E-state index is 12.2. The summed E-state index contributed by atoms with van der Waals surface area (Å²) < 4.78 is 0. The van der Waals surface area contributed by atoms with Crippen molar-refractivity contribution in [3.63, 3.8) is 0 Å². The monoisotopic (exact) mass is 299 g/mol. The summed E-state index contributed by atoms with van der Waals surface area (Å²) in [4.78, 5) is 22.0. The number of hydrogen-bond acceptors (Lipinski definition) is 4. The van der Waals surface area contributed by atoms with E-state index in [9.17, 15) is 4.79 Å². The molecule has 21 heavy (non-hydrogen) atoms. The largest absolute Gasteiger partial charge is 0.350 e. The zero-order chi connectivity index (χ0) is 14.5. The van der Waals surface area contributed by atoms with Crippen LogP contribution in [0, 0.1) is 5.92 Å². The van der Waals surface area contributed by atoms with Gasteiger partial charge < -0.3 is 5.32 Å². The second kappa shape index (κ2) is 6.63. The molecule has 1 atom stereocenters. The van der Waals surface area contributed by atoms with Gasteiger partial charge in [-0.15, -0.1) is 11.3 Å². The van der Waals surface area contributed by atoms with Gasteiger partial charge in [-0.1, -0.05) is 18.2 Å². The molecule has 0 fully saturated rings. The van der Waals surface area contributed by atoms with Gasteiger partial charge in [0.05, 0.1) is 17.1 Å². The van der Waals surface area contributed by atoms with Gasteiger partial charge in [-0.25, -0.2) is 0 Å².